The van der Waals surface area contributed by atoms with Crippen molar-refractivity contribution < 1.29 is 14.2 Å². The Bertz CT molecular complexity index is 1050. The molecule has 0 unspecified atom stereocenters. The fourth-order valence-corrected chi connectivity index (χ4v) is 3.83. The molecule has 2 N–H and O–H groups in total. The highest BCUT2D eigenvalue weighted by molar-refractivity contribution is 7.80. The number of nitrogens with one attached hydrogen (secondary N) is 2. The molecule has 3 rings (SSSR count). The summed E-state index contributed by atoms with van der Waals surface area (Å²) in [5, 5.41) is 5.33. The van der Waals surface area contributed by atoms with Crippen molar-refractivity contribution in [1.82, 2.24) is 15.2 Å². The summed E-state index contributed by atoms with van der Waals surface area (Å²) < 4.78 is 16.4. The molecule has 2 aromatic carbocycles. The number of H-pyrrole nitrogens is 1. The number of thiocarbonyl (C=S) groups is 1. The SMILES string of the molecule is COc1ccc(CN(CCc2c[nH]c3ccc(OC)cc23)C(=S)NCC(C)C)c(OC)c1. The molecule has 0 aliphatic heterocycles. The first-order valence-electron chi connectivity index (χ1n) is 10.8. The normalized spacial score (nSPS) is 10.9. The Balaban J connectivity index is 1.81. The molecule has 32 heavy (non-hydrogen) atoms. The average Bonchev–Trinajstić information content (AvgIpc) is 3.22. The molecule has 0 atom stereocenters. The zero-order chi connectivity index (χ0) is 23.1. The van der Waals surface area contributed by atoms with E-state index < -0.39 is 0 Å². The van der Waals surface area contributed by atoms with E-state index >= 15 is 0 Å². The molecule has 0 spiro atoms. The van der Waals surface area contributed by atoms with E-state index in [0.29, 0.717) is 12.5 Å². The summed E-state index contributed by atoms with van der Waals surface area (Å²) in [6.07, 6.45) is 2.91. The molecule has 6 nitrogen and oxygen atoms in total. The van der Waals surface area contributed by atoms with E-state index in [2.05, 4.69) is 41.3 Å². The topological polar surface area (TPSA) is 58.8 Å². The molecule has 0 radical (unpaired) electrons. The second-order valence-corrected chi connectivity index (χ2v) is 8.54. The van der Waals surface area contributed by atoms with Crippen molar-refractivity contribution in [2.24, 2.45) is 5.92 Å². The molecule has 0 bridgehead atoms. The molecule has 3 aromatic rings. The zero-order valence-corrected chi connectivity index (χ0v) is 20.3. The standard InChI is InChI=1S/C25H33N3O3S/c1-17(2)14-27-25(32)28(16-19-6-7-21(30-4)13-24(19)31-5)11-10-18-15-26-23-9-8-20(29-3)12-22(18)23/h6-9,12-13,15,17,26H,10-11,14,16H2,1-5H3,(H,27,32). The molecule has 0 saturated heterocycles. The maximum atomic E-state index is 5.77. The fourth-order valence-electron chi connectivity index (χ4n) is 3.59. The third kappa shape index (κ3) is 5.85. The minimum absolute atomic E-state index is 0.506. The van der Waals surface area contributed by atoms with E-state index in [-0.39, 0.29) is 0 Å². The Hall–Kier alpha value is -2.93. The van der Waals surface area contributed by atoms with Crippen LogP contribution in [0.2, 0.25) is 0 Å². The predicted molar refractivity (Wildman–Crippen MR) is 134 cm³/mol. The van der Waals surface area contributed by atoms with Crippen molar-refractivity contribution in [2.75, 3.05) is 34.4 Å². The van der Waals surface area contributed by atoms with E-state index in [9.17, 15) is 0 Å². The fraction of sp³-hybridized carbons (Fsp3) is 0.400. The summed E-state index contributed by atoms with van der Waals surface area (Å²) >= 11 is 5.77. The lowest BCUT2D eigenvalue weighted by atomic mass is 10.1. The number of hydrogen-bond donors (Lipinski definition) is 2. The average molecular weight is 456 g/mol. The zero-order valence-electron chi connectivity index (χ0n) is 19.5. The predicted octanol–water partition coefficient (Wildman–Crippen LogP) is 4.77. The number of nitrogens with zero attached hydrogens (tertiary/aromatic N) is 1. The molecule has 0 amide bonds. The van der Waals surface area contributed by atoms with Gasteiger partial charge in [-0.05, 0) is 60.5 Å². The van der Waals surface area contributed by atoms with Gasteiger partial charge in [0.2, 0.25) is 0 Å². The number of benzene rings is 2. The van der Waals surface area contributed by atoms with Crippen LogP contribution in [0.3, 0.4) is 0 Å². The number of methoxy groups -OCH3 is 3. The van der Waals surface area contributed by atoms with Crippen LogP contribution in [0.15, 0.2) is 42.6 Å². The first-order chi connectivity index (χ1) is 15.4. The van der Waals surface area contributed by atoms with Crippen molar-refractivity contribution in [3.63, 3.8) is 0 Å². The maximum Gasteiger partial charge on any atom is 0.169 e. The monoisotopic (exact) mass is 455 g/mol. The number of aromatic nitrogens is 1. The Morgan fingerprint density at radius 2 is 1.72 bits per heavy atom. The van der Waals surface area contributed by atoms with Crippen molar-refractivity contribution in [2.45, 2.75) is 26.8 Å². The molecule has 1 aromatic heterocycles. The van der Waals surface area contributed by atoms with Crippen LogP contribution < -0.4 is 19.5 Å². The lowest BCUT2D eigenvalue weighted by Gasteiger charge is -2.27. The third-order valence-electron chi connectivity index (χ3n) is 5.43. The van der Waals surface area contributed by atoms with Gasteiger partial charge >= 0.3 is 0 Å². The van der Waals surface area contributed by atoms with Gasteiger partial charge in [-0.25, -0.2) is 0 Å². The highest BCUT2D eigenvalue weighted by Gasteiger charge is 2.16. The first-order valence-corrected chi connectivity index (χ1v) is 11.2. The smallest absolute Gasteiger partial charge is 0.169 e. The molecule has 172 valence electrons. The molecular weight excluding hydrogens is 422 g/mol. The number of ether oxygens (including phenoxy) is 3. The molecular formula is C25H33N3O3S. The van der Waals surface area contributed by atoms with Gasteiger partial charge in [-0.2, -0.15) is 0 Å². The van der Waals surface area contributed by atoms with Gasteiger partial charge in [-0.1, -0.05) is 13.8 Å². The van der Waals surface area contributed by atoms with Crippen LogP contribution in [-0.2, 0) is 13.0 Å². The second kappa shape index (κ2) is 11.1. The molecule has 7 heteroatoms. The van der Waals surface area contributed by atoms with Crippen LogP contribution in [0.5, 0.6) is 17.2 Å². The Labute approximate surface area is 195 Å². The van der Waals surface area contributed by atoms with Gasteiger partial charge in [-0.15, -0.1) is 0 Å². The van der Waals surface area contributed by atoms with Crippen molar-refractivity contribution in [3.8, 4) is 17.2 Å². The van der Waals surface area contributed by atoms with Crippen LogP contribution in [0.4, 0.5) is 0 Å². The van der Waals surface area contributed by atoms with Crippen LogP contribution in [0, 0.1) is 5.92 Å². The molecule has 0 fully saturated rings. The van der Waals surface area contributed by atoms with Gasteiger partial charge in [0, 0.05) is 48.4 Å². The number of hydrogen-bond acceptors (Lipinski definition) is 4. The molecule has 0 aliphatic rings. The number of fused-ring (bicyclic) bond motifs is 1. The van der Waals surface area contributed by atoms with E-state index in [1.54, 1.807) is 21.3 Å². The molecule has 1 heterocycles. The summed E-state index contributed by atoms with van der Waals surface area (Å²) in [6.45, 7) is 6.59. The van der Waals surface area contributed by atoms with Gasteiger partial charge in [0.1, 0.15) is 17.2 Å². The van der Waals surface area contributed by atoms with Gasteiger partial charge in [0.25, 0.3) is 0 Å². The van der Waals surface area contributed by atoms with E-state index in [1.165, 1.54) is 10.9 Å². The number of aromatic amines is 1. The Morgan fingerprint density at radius 1 is 1.00 bits per heavy atom. The summed E-state index contributed by atoms with van der Waals surface area (Å²) in [4.78, 5) is 5.55. The molecule has 0 saturated carbocycles. The van der Waals surface area contributed by atoms with Crippen molar-refractivity contribution in [3.05, 3.63) is 53.7 Å². The Morgan fingerprint density at radius 3 is 2.41 bits per heavy atom. The lowest BCUT2D eigenvalue weighted by molar-refractivity contribution is 0.369. The second-order valence-electron chi connectivity index (χ2n) is 8.15. The van der Waals surface area contributed by atoms with E-state index in [1.807, 2.05) is 30.3 Å². The third-order valence-corrected chi connectivity index (χ3v) is 5.83. The van der Waals surface area contributed by atoms with E-state index in [0.717, 1.165) is 53.0 Å². The minimum Gasteiger partial charge on any atom is -0.497 e. The van der Waals surface area contributed by atoms with Crippen molar-refractivity contribution >= 4 is 28.2 Å². The summed E-state index contributed by atoms with van der Waals surface area (Å²) in [6, 6.07) is 12.0. The van der Waals surface area contributed by atoms with Crippen molar-refractivity contribution in [1.29, 1.82) is 0 Å². The summed E-state index contributed by atoms with van der Waals surface area (Å²) in [5.74, 6) is 2.92. The summed E-state index contributed by atoms with van der Waals surface area (Å²) in [5.41, 5.74) is 3.39. The molecule has 0 aliphatic carbocycles. The van der Waals surface area contributed by atoms with Gasteiger partial charge in [0.05, 0.1) is 21.3 Å². The van der Waals surface area contributed by atoms with Crippen LogP contribution >= 0.6 is 12.2 Å². The largest absolute Gasteiger partial charge is 0.497 e. The number of rotatable bonds is 10. The van der Waals surface area contributed by atoms with Crippen LogP contribution in [-0.4, -0.2) is 49.4 Å². The van der Waals surface area contributed by atoms with Gasteiger partial charge in [0.15, 0.2) is 5.11 Å². The van der Waals surface area contributed by atoms with Crippen LogP contribution in [0.25, 0.3) is 10.9 Å². The summed E-state index contributed by atoms with van der Waals surface area (Å²) in [7, 11) is 5.02. The minimum atomic E-state index is 0.506. The highest BCUT2D eigenvalue weighted by atomic mass is 32.1. The van der Waals surface area contributed by atoms with E-state index in [4.69, 9.17) is 26.4 Å². The lowest BCUT2D eigenvalue weighted by Crippen LogP contribution is -2.41. The first kappa shape index (κ1) is 23.7. The van der Waals surface area contributed by atoms with Crippen LogP contribution in [0.1, 0.15) is 25.0 Å². The Kier molecular flexibility index (Phi) is 8.22. The maximum absolute atomic E-state index is 5.77. The quantitative estimate of drug-likeness (QED) is 0.430. The van der Waals surface area contributed by atoms with Gasteiger partial charge < -0.3 is 29.4 Å². The van der Waals surface area contributed by atoms with Gasteiger partial charge in [-0.3, -0.25) is 0 Å². The highest BCUT2D eigenvalue weighted by Crippen LogP contribution is 2.27.